The number of methoxy groups -OCH3 is 1. The van der Waals surface area contributed by atoms with Gasteiger partial charge in [0, 0.05) is 43.1 Å². The summed E-state index contributed by atoms with van der Waals surface area (Å²) in [6.07, 6.45) is 4.84. The molecule has 1 fully saturated rings. The van der Waals surface area contributed by atoms with E-state index in [1.165, 1.54) is 0 Å². The van der Waals surface area contributed by atoms with Crippen LogP contribution in [0.2, 0.25) is 0 Å². The summed E-state index contributed by atoms with van der Waals surface area (Å²) in [5.41, 5.74) is 2.79. The van der Waals surface area contributed by atoms with E-state index in [-0.39, 0.29) is 5.91 Å². The van der Waals surface area contributed by atoms with Gasteiger partial charge in [-0.1, -0.05) is 5.16 Å². The number of hydrogen-bond donors (Lipinski definition) is 0. The van der Waals surface area contributed by atoms with Crippen LogP contribution in [0.3, 0.4) is 0 Å². The molecule has 0 unspecified atom stereocenters. The van der Waals surface area contributed by atoms with E-state index in [9.17, 15) is 4.79 Å². The van der Waals surface area contributed by atoms with Gasteiger partial charge >= 0.3 is 0 Å². The zero-order chi connectivity index (χ0) is 18.0. The summed E-state index contributed by atoms with van der Waals surface area (Å²) < 4.78 is 10.6. The highest BCUT2D eigenvalue weighted by Crippen LogP contribution is 2.38. The van der Waals surface area contributed by atoms with Crippen molar-refractivity contribution in [3.05, 3.63) is 34.7 Å². The van der Waals surface area contributed by atoms with Crippen molar-refractivity contribution in [3.8, 4) is 5.75 Å². The molecule has 1 saturated carbocycles. The normalized spacial score (nSPS) is 13.8. The van der Waals surface area contributed by atoms with E-state index in [1.807, 2.05) is 13.8 Å². The van der Waals surface area contributed by atoms with Gasteiger partial charge in [0.1, 0.15) is 5.75 Å². The fraction of sp³-hybridized carbons (Fsp3) is 0.556. The van der Waals surface area contributed by atoms with Gasteiger partial charge in [-0.15, -0.1) is 0 Å². The van der Waals surface area contributed by atoms with Crippen molar-refractivity contribution in [1.29, 1.82) is 0 Å². The number of ether oxygens (including phenoxy) is 1. The van der Waals surface area contributed by atoms with Crippen LogP contribution in [-0.2, 0) is 17.8 Å². The molecule has 0 spiro atoms. The largest absolute Gasteiger partial charge is 0.496 e. The van der Waals surface area contributed by atoms with E-state index in [1.54, 1.807) is 25.3 Å². The summed E-state index contributed by atoms with van der Waals surface area (Å²) in [5, 5.41) is 3.97. The van der Waals surface area contributed by atoms with Crippen molar-refractivity contribution in [2.24, 2.45) is 0 Å². The fourth-order valence-corrected chi connectivity index (χ4v) is 2.82. The van der Waals surface area contributed by atoms with Gasteiger partial charge in [0.05, 0.1) is 19.3 Å². The van der Waals surface area contributed by atoms with Crippen molar-refractivity contribution in [1.82, 2.24) is 20.0 Å². The lowest BCUT2D eigenvalue weighted by Crippen LogP contribution is -2.27. The number of pyridine rings is 1. The second kappa shape index (κ2) is 7.21. The van der Waals surface area contributed by atoms with E-state index < -0.39 is 0 Å². The van der Waals surface area contributed by atoms with Crippen LogP contribution in [0.5, 0.6) is 5.75 Å². The Bertz CT molecular complexity index is 768. The fourth-order valence-electron chi connectivity index (χ4n) is 2.82. The highest BCUT2D eigenvalue weighted by Gasteiger charge is 2.28. The molecule has 0 aromatic carbocycles. The Morgan fingerprint density at radius 3 is 2.84 bits per heavy atom. The van der Waals surface area contributed by atoms with Gasteiger partial charge < -0.3 is 14.2 Å². The Hall–Kier alpha value is -2.44. The minimum absolute atomic E-state index is 0.0203. The van der Waals surface area contributed by atoms with E-state index in [0.717, 1.165) is 41.2 Å². The molecule has 2 aromatic rings. The molecule has 0 aliphatic heterocycles. The molecule has 0 atom stereocenters. The molecule has 7 nitrogen and oxygen atoms in total. The van der Waals surface area contributed by atoms with Gasteiger partial charge in [-0.05, 0) is 26.7 Å². The molecule has 0 N–H and O–H groups in total. The highest BCUT2D eigenvalue weighted by molar-refractivity contribution is 5.76. The first-order valence-corrected chi connectivity index (χ1v) is 8.55. The third-order valence-electron chi connectivity index (χ3n) is 4.54. The zero-order valence-electron chi connectivity index (χ0n) is 15.2. The Kier molecular flexibility index (Phi) is 5.01. The Morgan fingerprint density at radius 1 is 1.40 bits per heavy atom. The lowest BCUT2D eigenvalue weighted by molar-refractivity contribution is -0.130. The quantitative estimate of drug-likeness (QED) is 0.768. The number of aryl methyl sites for hydroxylation is 2. The van der Waals surface area contributed by atoms with E-state index in [0.29, 0.717) is 31.2 Å². The summed E-state index contributed by atoms with van der Waals surface area (Å²) in [6, 6.07) is 0. The van der Waals surface area contributed by atoms with E-state index >= 15 is 0 Å². The maximum atomic E-state index is 12.4. The van der Waals surface area contributed by atoms with Crippen molar-refractivity contribution < 1.29 is 14.1 Å². The molecular formula is C18H24N4O3. The first kappa shape index (κ1) is 17.4. The number of nitrogens with zero attached hydrogens (tertiary/aromatic N) is 4. The van der Waals surface area contributed by atoms with Gasteiger partial charge in [0.15, 0.2) is 5.82 Å². The van der Waals surface area contributed by atoms with Gasteiger partial charge in [0.25, 0.3) is 0 Å². The minimum atomic E-state index is 0.0203. The van der Waals surface area contributed by atoms with Gasteiger partial charge in [-0.3, -0.25) is 9.78 Å². The number of carbonyl (C=O) groups excluding carboxylic acids is 1. The van der Waals surface area contributed by atoms with Crippen LogP contribution in [-0.4, -0.2) is 40.1 Å². The summed E-state index contributed by atoms with van der Waals surface area (Å²) >= 11 is 0. The molecule has 134 valence electrons. The topological polar surface area (TPSA) is 81.4 Å². The molecule has 7 heteroatoms. The molecule has 1 aliphatic carbocycles. The van der Waals surface area contributed by atoms with Crippen LogP contribution >= 0.6 is 0 Å². The summed E-state index contributed by atoms with van der Waals surface area (Å²) in [7, 11) is 3.42. The molecule has 0 saturated heterocycles. The average Bonchev–Trinajstić information content (AvgIpc) is 3.34. The summed E-state index contributed by atoms with van der Waals surface area (Å²) in [5.74, 6) is 2.62. The lowest BCUT2D eigenvalue weighted by Gasteiger charge is -2.19. The molecule has 2 heterocycles. The third kappa shape index (κ3) is 3.97. The molecule has 0 bridgehead atoms. The molecular weight excluding hydrogens is 320 g/mol. The molecule has 1 amide bonds. The van der Waals surface area contributed by atoms with Crippen LogP contribution in [0.1, 0.15) is 53.7 Å². The van der Waals surface area contributed by atoms with Gasteiger partial charge in [-0.2, -0.15) is 4.98 Å². The van der Waals surface area contributed by atoms with Crippen LogP contribution in [0.15, 0.2) is 10.7 Å². The van der Waals surface area contributed by atoms with Crippen molar-refractivity contribution >= 4 is 5.91 Å². The predicted octanol–water partition coefficient (Wildman–Crippen LogP) is 2.56. The van der Waals surface area contributed by atoms with Crippen LogP contribution in [0.4, 0.5) is 0 Å². The summed E-state index contributed by atoms with van der Waals surface area (Å²) in [4.78, 5) is 22.9. The maximum absolute atomic E-state index is 12.4. The van der Waals surface area contributed by atoms with Crippen LogP contribution < -0.4 is 4.74 Å². The van der Waals surface area contributed by atoms with Gasteiger partial charge in [-0.25, -0.2) is 0 Å². The first-order valence-electron chi connectivity index (χ1n) is 8.55. The second-order valence-corrected chi connectivity index (χ2v) is 6.62. The number of rotatable bonds is 7. The molecule has 25 heavy (non-hydrogen) atoms. The molecule has 0 radical (unpaired) electrons. The standard InChI is InChI=1S/C18H24N4O3/c1-11-9-19-14(12(2)17(11)24-4)10-22(3)16(23)8-7-15-20-18(21-25-15)13-5-6-13/h9,13H,5-8,10H2,1-4H3. The predicted molar refractivity (Wildman–Crippen MR) is 91.3 cm³/mol. The Morgan fingerprint density at radius 2 is 2.16 bits per heavy atom. The Balaban J connectivity index is 1.56. The van der Waals surface area contributed by atoms with Gasteiger partial charge in [0.2, 0.25) is 11.8 Å². The van der Waals surface area contributed by atoms with E-state index in [2.05, 4.69) is 15.1 Å². The molecule has 1 aliphatic rings. The average molecular weight is 344 g/mol. The maximum Gasteiger partial charge on any atom is 0.227 e. The highest BCUT2D eigenvalue weighted by atomic mass is 16.5. The number of aromatic nitrogens is 3. The minimum Gasteiger partial charge on any atom is -0.496 e. The smallest absolute Gasteiger partial charge is 0.227 e. The summed E-state index contributed by atoms with van der Waals surface area (Å²) in [6.45, 7) is 4.36. The van der Waals surface area contributed by atoms with E-state index in [4.69, 9.17) is 9.26 Å². The number of carbonyl (C=O) groups is 1. The van der Waals surface area contributed by atoms with Crippen molar-refractivity contribution in [2.45, 2.75) is 52.0 Å². The monoisotopic (exact) mass is 344 g/mol. The second-order valence-electron chi connectivity index (χ2n) is 6.62. The third-order valence-corrected chi connectivity index (χ3v) is 4.54. The SMILES string of the molecule is COc1c(C)cnc(CN(C)C(=O)CCc2nc(C3CC3)no2)c1C. The first-order chi connectivity index (χ1) is 12.0. The number of hydrogen-bond acceptors (Lipinski definition) is 6. The Labute approximate surface area is 147 Å². The number of amides is 1. The van der Waals surface area contributed by atoms with Crippen molar-refractivity contribution in [2.75, 3.05) is 14.2 Å². The van der Waals surface area contributed by atoms with Crippen LogP contribution in [0.25, 0.3) is 0 Å². The molecule has 2 aromatic heterocycles. The molecule has 3 rings (SSSR count). The van der Waals surface area contributed by atoms with Crippen LogP contribution in [0, 0.1) is 13.8 Å². The van der Waals surface area contributed by atoms with Crippen molar-refractivity contribution in [3.63, 3.8) is 0 Å². The lowest BCUT2D eigenvalue weighted by atomic mass is 10.1. The zero-order valence-corrected chi connectivity index (χ0v) is 15.2.